The number of rotatable bonds is 10. The summed E-state index contributed by atoms with van der Waals surface area (Å²) in [7, 11) is -2.61. The number of nitrogens with one attached hydrogen (secondary N) is 1. The number of amides is 2. The third kappa shape index (κ3) is 6.44. The Morgan fingerprint density at radius 3 is 2.22 bits per heavy atom. The number of hydrogen-bond acceptors (Lipinski definition) is 4. The lowest BCUT2D eigenvalue weighted by atomic mass is 10.1. The molecule has 0 saturated heterocycles. The summed E-state index contributed by atoms with van der Waals surface area (Å²) in [6, 6.07) is 21.2. The fourth-order valence-electron chi connectivity index (χ4n) is 3.86. The number of nitrogens with zero attached hydrogens (tertiary/aromatic N) is 2. The molecule has 3 aromatic carbocycles. The predicted octanol–water partition coefficient (Wildman–Crippen LogP) is 4.40. The molecule has 3 rings (SSSR count). The number of halogens is 1. The average molecular weight is 528 g/mol. The molecule has 9 heteroatoms. The molecule has 0 aromatic heterocycles. The van der Waals surface area contributed by atoms with E-state index in [1.54, 1.807) is 30.3 Å². The number of likely N-dealkylation sites (N-methyl/N-ethyl adjacent to an activating group) is 1. The molecule has 0 spiro atoms. The SMILES string of the molecule is CC[C@H](C(=O)NC)N(Cc1ccccc1)C(=O)CN(c1cccc(Cl)c1)S(=O)(=O)c1ccc(C)cc1. The van der Waals surface area contributed by atoms with E-state index in [-0.39, 0.29) is 23.0 Å². The molecular formula is C27H30ClN3O4S. The Bertz CT molecular complexity index is 1300. The molecule has 0 bridgehead atoms. The van der Waals surface area contributed by atoms with Gasteiger partial charge in [-0.25, -0.2) is 8.42 Å². The lowest BCUT2D eigenvalue weighted by molar-refractivity contribution is -0.140. The third-order valence-electron chi connectivity index (χ3n) is 5.81. The van der Waals surface area contributed by atoms with Crippen LogP contribution < -0.4 is 9.62 Å². The molecule has 3 aromatic rings. The minimum Gasteiger partial charge on any atom is -0.357 e. The molecule has 0 radical (unpaired) electrons. The topological polar surface area (TPSA) is 86.8 Å². The smallest absolute Gasteiger partial charge is 0.264 e. The second-order valence-electron chi connectivity index (χ2n) is 8.35. The molecule has 7 nitrogen and oxygen atoms in total. The van der Waals surface area contributed by atoms with Crippen LogP contribution in [0.15, 0.2) is 83.8 Å². The minimum atomic E-state index is -4.12. The van der Waals surface area contributed by atoms with E-state index >= 15 is 0 Å². The maximum atomic E-state index is 13.8. The molecule has 0 saturated carbocycles. The normalized spacial score (nSPS) is 12.0. The van der Waals surface area contributed by atoms with Crippen molar-refractivity contribution in [1.29, 1.82) is 0 Å². The van der Waals surface area contributed by atoms with E-state index in [1.165, 1.54) is 30.1 Å². The van der Waals surface area contributed by atoms with Crippen molar-refractivity contribution in [2.45, 2.75) is 37.8 Å². The van der Waals surface area contributed by atoms with Crippen molar-refractivity contribution in [3.05, 3.63) is 95.0 Å². The summed E-state index contributed by atoms with van der Waals surface area (Å²) in [6.45, 7) is 3.32. The lowest BCUT2D eigenvalue weighted by Crippen LogP contribution is -2.51. The van der Waals surface area contributed by atoms with E-state index in [0.29, 0.717) is 11.4 Å². The van der Waals surface area contributed by atoms with Gasteiger partial charge in [-0.2, -0.15) is 0 Å². The van der Waals surface area contributed by atoms with Crippen LogP contribution in [-0.2, 0) is 26.2 Å². The standard InChI is InChI=1S/C27H30ClN3O4S/c1-4-25(27(33)29-3)30(18-21-9-6-5-7-10-21)26(32)19-31(23-12-8-11-22(28)17-23)36(34,35)24-15-13-20(2)14-16-24/h5-17,25H,4,18-19H2,1-3H3,(H,29,33)/t25-/m1/s1. The van der Waals surface area contributed by atoms with Gasteiger partial charge in [0.15, 0.2) is 0 Å². The van der Waals surface area contributed by atoms with Gasteiger partial charge in [0.2, 0.25) is 11.8 Å². The van der Waals surface area contributed by atoms with Crippen LogP contribution in [0.3, 0.4) is 0 Å². The molecule has 0 heterocycles. The van der Waals surface area contributed by atoms with Crippen molar-refractivity contribution >= 4 is 39.1 Å². The van der Waals surface area contributed by atoms with Gasteiger partial charge in [-0.3, -0.25) is 13.9 Å². The second-order valence-corrected chi connectivity index (χ2v) is 10.6. The summed E-state index contributed by atoms with van der Waals surface area (Å²) in [4.78, 5) is 27.9. The Kier molecular flexibility index (Phi) is 9.12. The summed E-state index contributed by atoms with van der Waals surface area (Å²) in [5.74, 6) is -0.831. The van der Waals surface area contributed by atoms with Crippen LogP contribution in [0.4, 0.5) is 5.69 Å². The number of aryl methyl sites for hydroxylation is 1. The Balaban J connectivity index is 2.05. The molecule has 2 amide bonds. The zero-order valence-electron chi connectivity index (χ0n) is 20.5. The summed E-state index contributed by atoms with van der Waals surface area (Å²) in [5.41, 5.74) is 1.98. The number of carbonyl (C=O) groups is 2. The van der Waals surface area contributed by atoms with Crippen molar-refractivity contribution in [2.24, 2.45) is 0 Å². The van der Waals surface area contributed by atoms with Crippen molar-refractivity contribution in [3.63, 3.8) is 0 Å². The van der Waals surface area contributed by atoms with E-state index in [9.17, 15) is 18.0 Å². The van der Waals surface area contributed by atoms with Gasteiger partial charge < -0.3 is 10.2 Å². The molecular weight excluding hydrogens is 498 g/mol. The summed E-state index contributed by atoms with van der Waals surface area (Å²) in [5, 5.41) is 2.94. The van der Waals surface area contributed by atoms with Crippen LogP contribution >= 0.6 is 11.6 Å². The fourth-order valence-corrected chi connectivity index (χ4v) is 5.45. The van der Waals surface area contributed by atoms with Gasteiger partial charge in [0.1, 0.15) is 12.6 Å². The summed E-state index contributed by atoms with van der Waals surface area (Å²) >= 11 is 6.18. The van der Waals surface area contributed by atoms with Crippen molar-refractivity contribution in [2.75, 3.05) is 17.9 Å². The Labute approximate surface area is 217 Å². The highest BCUT2D eigenvalue weighted by atomic mass is 35.5. The summed E-state index contributed by atoms with van der Waals surface area (Å²) in [6.07, 6.45) is 0.361. The van der Waals surface area contributed by atoms with E-state index in [4.69, 9.17) is 11.6 Å². The Hall–Kier alpha value is -3.36. The number of sulfonamides is 1. The highest BCUT2D eigenvalue weighted by Crippen LogP contribution is 2.27. The highest BCUT2D eigenvalue weighted by molar-refractivity contribution is 7.92. The fraction of sp³-hybridized carbons (Fsp3) is 0.259. The van der Waals surface area contributed by atoms with Crippen LogP contribution in [-0.4, -0.2) is 44.8 Å². The average Bonchev–Trinajstić information content (AvgIpc) is 2.87. The number of benzene rings is 3. The van der Waals surface area contributed by atoms with Crippen molar-refractivity contribution in [1.82, 2.24) is 10.2 Å². The second kappa shape index (κ2) is 12.1. The van der Waals surface area contributed by atoms with Gasteiger partial charge in [-0.05, 0) is 49.2 Å². The van der Waals surface area contributed by atoms with E-state index in [1.807, 2.05) is 44.2 Å². The van der Waals surface area contributed by atoms with Crippen LogP contribution in [0.1, 0.15) is 24.5 Å². The molecule has 0 aliphatic rings. The maximum absolute atomic E-state index is 13.8. The molecule has 0 aliphatic heterocycles. The van der Waals surface area contributed by atoms with Crippen LogP contribution in [0.5, 0.6) is 0 Å². The molecule has 0 unspecified atom stereocenters. The molecule has 0 aliphatic carbocycles. The van der Waals surface area contributed by atoms with Crippen molar-refractivity contribution < 1.29 is 18.0 Å². The van der Waals surface area contributed by atoms with Gasteiger partial charge in [-0.15, -0.1) is 0 Å². The quantitative estimate of drug-likeness (QED) is 0.423. The molecule has 1 atom stereocenters. The van der Waals surface area contributed by atoms with Gasteiger partial charge in [0.05, 0.1) is 10.6 Å². The third-order valence-corrected chi connectivity index (χ3v) is 7.84. The Morgan fingerprint density at radius 1 is 0.972 bits per heavy atom. The van der Waals surface area contributed by atoms with Gasteiger partial charge in [0, 0.05) is 18.6 Å². The molecule has 0 fully saturated rings. The van der Waals surface area contributed by atoms with Gasteiger partial charge in [-0.1, -0.05) is 72.6 Å². The van der Waals surface area contributed by atoms with Crippen LogP contribution in [0.25, 0.3) is 0 Å². The van der Waals surface area contributed by atoms with E-state index < -0.39 is 28.5 Å². The first-order chi connectivity index (χ1) is 17.2. The van der Waals surface area contributed by atoms with Crippen LogP contribution in [0, 0.1) is 6.92 Å². The number of anilines is 1. The molecule has 1 N–H and O–H groups in total. The highest BCUT2D eigenvalue weighted by Gasteiger charge is 2.33. The maximum Gasteiger partial charge on any atom is 0.264 e. The van der Waals surface area contributed by atoms with Gasteiger partial charge >= 0.3 is 0 Å². The first kappa shape index (κ1) is 27.2. The largest absolute Gasteiger partial charge is 0.357 e. The van der Waals surface area contributed by atoms with E-state index in [0.717, 1.165) is 15.4 Å². The van der Waals surface area contributed by atoms with Crippen molar-refractivity contribution in [3.8, 4) is 0 Å². The molecule has 190 valence electrons. The molecule has 36 heavy (non-hydrogen) atoms. The zero-order valence-corrected chi connectivity index (χ0v) is 22.1. The monoisotopic (exact) mass is 527 g/mol. The predicted molar refractivity (Wildman–Crippen MR) is 142 cm³/mol. The Morgan fingerprint density at radius 2 is 1.64 bits per heavy atom. The first-order valence-corrected chi connectivity index (χ1v) is 13.4. The minimum absolute atomic E-state index is 0.0498. The van der Waals surface area contributed by atoms with Crippen LogP contribution in [0.2, 0.25) is 5.02 Å². The lowest BCUT2D eigenvalue weighted by Gasteiger charge is -2.33. The number of hydrogen-bond donors (Lipinski definition) is 1. The first-order valence-electron chi connectivity index (χ1n) is 11.6. The number of carbonyl (C=O) groups excluding carboxylic acids is 2. The summed E-state index contributed by atoms with van der Waals surface area (Å²) < 4.78 is 28.5. The van der Waals surface area contributed by atoms with Gasteiger partial charge in [0.25, 0.3) is 10.0 Å². The zero-order chi connectivity index (χ0) is 26.3. The van der Waals surface area contributed by atoms with E-state index in [2.05, 4.69) is 5.32 Å².